The molecular weight excluding hydrogens is 268 g/mol. The summed E-state index contributed by atoms with van der Waals surface area (Å²) in [5.41, 5.74) is 0. The Morgan fingerprint density at radius 3 is 2.80 bits per heavy atom. The summed E-state index contributed by atoms with van der Waals surface area (Å²) in [5, 5.41) is 7.84. The van der Waals surface area contributed by atoms with E-state index in [1.165, 1.54) is 16.3 Å². The van der Waals surface area contributed by atoms with Crippen LogP contribution < -0.4 is 10.6 Å². The highest BCUT2D eigenvalue weighted by Crippen LogP contribution is 2.10. The first-order valence-electron chi connectivity index (χ1n) is 7.55. The maximum absolute atomic E-state index is 4.60. The van der Waals surface area contributed by atoms with Crippen molar-refractivity contribution in [3.8, 4) is 0 Å². The predicted octanol–water partition coefficient (Wildman–Crippen LogP) is 2.99. The molecule has 2 N–H and O–H groups in total. The largest absolute Gasteiger partial charge is 0.357 e. The molecule has 1 rings (SSSR count). The standard InChI is InChI=1S/C15H28N4S/c1-5-16-15(17-9-6-7-12(2)3)18-10-8-14-19-11-13(4)20-14/h11-12H,5-10H2,1-4H3,(H2,16,17,18). The van der Waals surface area contributed by atoms with Crippen molar-refractivity contribution in [3.05, 3.63) is 16.1 Å². The Morgan fingerprint density at radius 2 is 2.20 bits per heavy atom. The predicted molar refractivity (Wildman–Crippen MR) is 88.6 cm³/mol. The van der Waals surface area contributed by atoms with Crippen LogP contribution in [0.15, 0.2) is 11.2 Å². The Balaban J connectivity index is 2.28. The SMILES string of the molecule is CCNC(=NCCCC(C)C)NCCc1ncc(C)s1. The molecule has 1 heterocycles. The first kappa shape index (κ1) is 17.0. The first-order chi connectivity index (χ1) is 9.61. The van der Waals surface area contributed by atoms with Gasteiger partial charge in [-0.2, -0.15) is 0 Å². The van der Waals surface area contributed by atoms with Crippen molar-refractivity contribution in [2.24, 2.45) is 10.9 Å². The monoisotopic (exact) mass is 296 g/mol. The Labute approximate surface area is 127 Å². The van der Waals surface area contributed by atoms with Gasteiger partial charge in [-0.15, -0.1) is 11.3 Å². The maximum atomic E-state index is 4.60. The Bertz CT molecular complexity index is 398. The van der Waals surface area contributed by atoms with Crippen molar-refractivity contribution in [1.29, 1.82) is 0 Å². The zero-order valence-corrected chi connectivity index (χ0v) is 14.0. The zero-order chi connectivity index (χ0) is 14.8. The molecule has 0 aliphatic heterocycles. The number of guanidine groups is 1. The Kier molecular flexibility index (Phi) is 8.26. The van der Waals surface area contributed by atoms with Gasteiger partial charge in [0.15, 0.2) is 5.96 Å². The minimum Gasteiger partial charge on any atom is -0.357 e. The van der Waals surface area contributed by atoms with E-state index in [9.17, 15) is 0 Å². The lowest BCUT2D eigenvalue weighted by Crippen LogP contribution is -2.38. The van der Waals surface area contributed by atoms with E-state index in [-0.39, 0.29) is 0 Å². The minimum absolute atomic E-state index is 0.758. The molecule has 0 bridgehead atoms. The van der Waals surface area contributed by atoms with Crippen LogP contribution in [0.5, 0.6) is 0 Å². The lowest BCUT2D eigenvalue weighted by atomic mass is 10.1. The summed E-state index contributed by atoms with van der Waals surface area (Å²) >= 11 is 1.77. The fourth-order valence-corrected chi connectivity index (χ4v) is 2.62. The van der Waals surface area contributed by atoms with Crippen LogP contribution in [0.1, 0.15) is 43.5 Å². The van der Waals surface area contributed by atoms with Crippen molar-refractivity contribution in [2.75, 3.05) is 19.6 Å². The quantitative estimate of drug-likeness (QED) is 0.440. The Hall–Kier alpha value is -1.10. The molecule has 0 aliphatic rings. The molecule has 0 aromatic carbocycles. The van der Waals surface area contributed by atoms with Gasteiger partial charge in [0.05, 0.1) is 5.01 Å². The molecule has 114 valence electrons. The normalized spacial score (nSPS) is 11.9. The van der Waals surface area contributed by atoms with Crippen molar-refractivity contribution < 1.29 is 0 Å². The number of rotatable bonds is 8. The molecule has 0 fully saturated rings. The Morgan fingerprint density at radius 1 is 1.40 bits per heavy atom. The molecule has 0 spiro atoms. The number of hydrogen-bond acceptors (Lipinski definition) is 3. The molecule has 1 aromatic rings. The van der Waals surface area contributed by atoms with Crippen molar-refractivity contribution in [1.82, 2.24) is 15.6 Å². The van der Waals surface area contributed by atoms with Crippen molar-refractivity contribution >= 4 is 17.3 Å². The fraction of sp³-hybridized carbons (Fsp3) is 0.733. The van der Waals surface area contributed by atoms with E-state index in [4.69, 9.17) is 0 Å². The molecule has 5 heteroatoms. The number of thiazole rings is 1. The highest BCUT2D eigenvalue weighted by molar-refractivity contribution is 7.11. The molecule has 0 radical (unpaired) electrons. The second-order valence-corrected chi connectivity index (χ2v) is 6.66. The molecule has 0 atom stereocenters. The third-order valence-electron chi connectivity index (χ3n) is 2.85. The van der Waals surface area contributed by atoms with E-state index in [0.717, 1.165) is 44.4 Å². The molecule has 0 saturated carbocycles. The topological polar surface area (TPSA) is 49.3 Å². The maximum Gasteiger partial charge on any atom is 0.191 e. The molecule has 0 aliphatic carbocycles. The highest BCUT2D eigenvalue weighted by atomic mass is 32.1. The van der Waals surface area contributed by atoms with E-state index >= 15 is 0 Å². The summed E-state index contributed by atoms with van der Waals surface area (Å²) in [5.74, 6) is 1.68. The number of aliphatic imine (C=N–C) groups is 1. The summed E-state index contributed by atoms with van der Waals surface area (Å²) in [4.78, 5) is 10.2. The summed E-state index contributed by atoms with van der Waals surface area (Å²) in [6, 6.07) is 0. The molecule has 1 aromatic heterocycles. The number of aryl methyl sites for hydroxylation is 1. The lowest BCUT2D eigenvalue weighted by Gasteiger charge is -2.10. The molecular formula is C15H28N4S. The average molecular weight is 296 g/mol. The fourth-order valence-electron chi connectivity index (χ4n) is 1.84. The molecule has 0 unspecified atom stereocenters. The van der Waals surface area contributed by atoms with Crippen LogP contribution in [0.25, 0.3) is 0 Å². The van der Waals surface area contributed by atoms with E-state index < -0.39 is 0 Å². The van der Waals surface area contributed by atoms with E-state index in [1.807, 2.05) is 6.20 Å². The third kappa shape index (κ3) is 7.48. The number of hydrogen-bond donors (Lipinski definition) is 2. The van der Waals surface area contributed by atoms with Crippen LogP contribution in [0.3, 0.4) is 0 Å². The smallest absolute Gasteiger partial charge is 0.191 e. The van der Waals surface area contributed by atoms with Crippen LogP contribution in [-0.2, 0) is 6.42 Å². The summed E-state index contributed by atoms with van der Waals surface area (Å²) in [7, 11) is 0. The summed E-state index contributed by atoms with van der Waals surface area (Å²) in [6.45, 7) is 11.4. The minimum atomic E-state index is 0.758. The molecule has 20 heavy (non-hydrogen) atoms. The van der Waals surface area contributed by atoms with Crippen LogP contribution in [0.2, 0.25) is 0 Å². The van der Waals surface area contributed by atoms with E-state index in [0.29, 0.717) is 0 Å². The second kappa shape index (κ2) is 9.75. The van der Waals surface area contributed by atoms with Crippen LogP contribution in [-0.4, -0.2) is 30.6 Å². The molecule has 4 nitrogen and oxygen atoms in total. The van der Waals surface area contributed by atoms with Gasteiger partial charge in [0.2, 0.25) is 0 Å². The average Bonchev–Trinajstić information content (AvgIpc) is 2.80. The first-order valence-corrected chi connectivity index (χ1v) is 8.37. The van der Waals surface area contributed by atoms with E-state index in [2.05, 4.69) is 48.3 Å². The third-order valence-corrected chi connectivity index (χ3v) is 3.83. The molecule has 0 saturated heterocycles. The van der Waals surface area contributed by atoms with Gasteiger partial charge >= 0.3 is 0 Å². The van der Waals surface area contributed by atoms with Gasteiger partial charge in [0.25, 0.3) is 0 Å². The van der Waals surface area contributed by atoms with Gasteiger partial charge in [-0.25, -0.2) is 4.98 Å². The second-order valence-electron chi connectivity index (χ2n) is 5.34. The van der Waals surface area contributed by atoms with Gasteiger partial charge in [-0.3, -0.25) is 4.99 Å². The van der Waals surface area contributed by atoms with Gasteiger partial charge in [0, 0.05) is 37.1 Å². The number of nitrogens with zero attached hydrogens (tertiary/aromatic N) is 2. The van der Waals surface area contributed by atoms with Crippen LogP contribution >= 0.6 is 11.3 Å². The number of nitrogens with one attached hydrogen (secondary N) is 2. The number of aromatic nitrogens is 1. The highest BCUT2D eigenvalue weighted by Gasteiger charge is 2.01. The van der Waals surface area contributed by atoms with E-state index in [1.54, 1.807) is 11.3 Å². The summed E-state index contributed by atoms with van der Waals surface area (Å²) < 4.78 is 0. The van der Waals surface area contributed by atoms with Crippen molar-refractivity contribution in [2.45, 2.75) is 47.0 Å². The summed E-state index contributed by atoms with van der Waals surface area (Å²) in [6.07, 6.45) is 5.28. The molecule has 0 amide bonds. The van der Waals surface area contributed by atoms with Gasteiger partial charge in [-0.05, 0) is 32.6 Å². The van der Waals surface area contributed by atoms with Gasteiger partial charge < -0.3 is 10.6 Å². The zero-order valence-electron chi connectivity index (χ0n) is 13.2. The van der Waals surface area contributed by atoms with Crippen LogP contribution in [0, 0.1) is 12.8 Å². The van der Waals surface area contributed by atoms with Crippen molar-refractivity contribution in [3.63, 3.8) is 0 Å². The van der Waals surface area contributed by atoms with Gasteiger partial charge in [0.1, 0.15) is 0 Å². The lowest BCUT2D eigenvalue weighted by molar-refractivity contribution is 0.560. The van der Waals surface area contributed by atoms with Gasteiger partial charge in [-0.1, -0.05) is 13.8 Å². The van der Waals surface area contributed by atoms with Crippen LogP contribution in [0.4, 0.5) is 0 Å².